The third-order valence-corrected chi connectivity index (χ3v) is 3.69. The van der Waals surface area contributed by atoms with Gasteiger partial charge in [0.1, 0.15) is 5.75 Å². The molecule has 0 aliphatic heterocycles. The van der Waals surface area contributed by atoms with Gasteiger partial charge in [0.25, 0.3) is 0 Å². The molecule has 0 aromatic heterocycles. The molecule has 0 aliphatic rings. The number of para-hydroxylation sites is 2. The quantitative estimate of drug-likeness (QED) is 0.834. The number of amides is 2. The second-order valence-corrected chi connectivity index (χ2v) is 5.53. The zero-order chi connectivity index (χ0) is 16.1. The van der Waals surface area contributed by atoms with E-state index in [9.17, 15) is 4.79 Å². The Labute approximate surface area is 139 Å². The van der Waals surface area contributed by atoms with Gasteiger partial charge in [-0.25, -0.2) is 4.79 Å². The Hall–Kier alpha value is -1.91. The summed E-state index contributed by atoms with van der Waals surface area (Å²) < 4.78 is 5.19. The predicted octanol–water partition coefficient (Wildman–Crippen LogP) is 4.88. The summed E-state index contributed by atoms with van der Waals surface area (Å²) in [6, 6.07) is 11.7. The average molecular weight is 339 g/mol. The van der Waals surface area contributed by atoms with Crippen LogP contribution in [0.2, 0.25) is 10.0 Å². The van der Waals surface area contributed by atoms with Crippen LogP contribution in [0.25, 0.3) is 0 Å². The molecule has 0 saturated heterocycles. The molecule has 2 rings (SSSR count). The first-order valence-corrected chi connectivity index (χ1v) is 7.42. The number of urea groups is 1. The number of methoxy groups -OCH3 is 1. The van der Waals surface area contributed by atoms with E-state index in [-0.39, 0.29) is 12.1 Å². The molecule has 0 bridgehead atoms. The largest absolute Gasteiger partial charge is 0.495 e. The van der Waals surface area contributed by atoms with Crippen LogP contribution >= 0.6 is 23.2 Å². The number of anilines is 1. The van der Waals surface area contributed by atoms with Crippen LogP contribution in [0.5, 0.6) is 5.75 Å². The Morgan fingerprint density at radius 1 is 1.18 bits per heavy atom. The number of halogens is 2. The van der Waals surface area contributed by atoms with Crippen LogP contribution in [0, 0.1) is 0 Å². The predicted molar refractivity (Wildman–Crippen MR) is 90.0 cm³/mol. The van der Waals surface area contributed by atoms with Gasteiger partial charge < -0.3 is 15.4 Å². The number of hydrogen-bond donors (Lipinski definition) is 2. The second kappa shape index (κ2) is 7.38. The summed E-state index contributed by atoms with van der Waals surface area (Å²) in [5, 5.41) is 6.64. The zero-order valence-corrected chi connectivity index (χ0v) is 13.7. The van der Waals surface area contributed by atoms with E-state index in [0.717, 1.165) is 5.56 Å². The summed E-state index contributed by atoms with van der Waals surface area (Å²) in [6.45, 7) is 1.84. The van der Waals surface area contributed by atoms with Gasteiger partial charge in [-0.2, -0.15) is 0 Å². The summed E-state index contributed by atoms with van der Waals surface area (Å²) in [4.78, 5) is 12.1. The Kier molecular flexibility index (Phi) is 5.52. The van der Waals surface area contributed by atoms with Crippen molar-refractivity contribution in [1.82, 2.24) is 5.32 Å². The van der Waals surface area contributed by atoms with Gasteiger partial charge in [-0.3, -0.25) is 0 Å². The summed E-state index contributed by atoms with van der Waals surface area (Å²) in [5.74, 6) is 0.592. The maximum Gasteiger partial charge on any atom is 0.319 e. The molecule has 0 spiro atoms. The van der Waals surface area contributed by atoms with Crippen molar-refractivity contribution >= 4 is 34.9 Å². The summed E-state index contributed by atoms with van der Waals surface area (Å²) in [5.41, 5.74) is 1.39. The Morgan fingerprint density at radius 2 is 1.91 bits per heavy atom. The molecule has 2 amide bonds. The van der Waals surface area contributed by atoms with Crippen LogP contribution in [-0.2, 0) is 0 Å². The van der Waals surface area contributed by atoms with E-state index >= 15 is 0 Å². The number of carbonyl (C=O) groups is 1. The lowest BCUT2D eigenvalue weighted by Crippen LogP contribution is -2.31. The molecule has 116 valence electrons. The van der Waals surface area contributed by atoms with Crippen molar-refractivity contribution in [3.05, 3.63) is 58.1 Å². The molecule has 2 aromatic rings. The first-order chi connectivity index (χ1) is 10.5. The van der Waals surface area contributed by atoms with Gasteiger partial charge in [0.15, 0.2) is 0 Å². The number of ether oxygens (including phenoxy) is 1. The highest BCUT2D eigenvalue weighted by molar-refractivity contribution is 6.35. The molecule has 6 heteroatoms. The van der Waals surface area contributed by atoms with Crippen molar-refractivity contribution in [2.75, 3.05) is 12.4 Å². The van der Waals surface area contributed by atoms with Crippen molar-refractivity contribution in [2.24, 2.45) is 0 Å². The van der Waals surface area contributed by atoms with Gasteiger partial charge >= 0.3 is 6.03 Å². The molecule has 0 heterocycles. The molecule has 2 aromatic carbocycles. The molecule has 0 aliphatic carbocycles. The molecule has 0 fully saturated rings. The Balaban J connectivity index is 2.05. The molecular formula is C16H16Cl2N2O2. The van der Waals surface area contributed by atoms with E-state index in [1.54, 1.807) is 37.4 Å². The molecule has 22 heavy (non-hydrogen) atoms. The van der Waals surface area contributed by atoms with E-state index in [1.165, 1.54) is 0 Å². The molecule has 0 saturated carbocycles. The first-order valence-electron chi connectivity index (χ1n) is 6.66. The third-order valence-electron chi connectivity index (χ3n) is 3.13. The van der Waals surface area contributed by atoms with Gasteiger partial charge in [-0.15, -0.1) is 0 Å². The average Bonchev–Trinajstić information content (AvgIpc) is 2.47. The van der Waals surface area contributed by atoms with E-state index in [2.05, 4.69) is 10.6 Å². The normalized spacial score (nSPS) is 11.6. The SMILES string of the molecule is COc1ccccc1NC(=O)N[C@H](C)c1ccc(Cl)cc1Cl. The lowest BCUT2D eigenvalue weighted by atomic mass is 10.1. The van der Waals surface area contributed by atoms with Crippen molar-refractivity contribution in [3.63, 3.8) is 0 Å². The molecule has 0 radical (unpaired) electrons. The highest BCUT2D eigenvalue weighted by Crippen LogP contribution is 2.27. The van der Waals surface area contributed by atoms with Crippen LogP contribution in [0.1, 0.15) is 18.5 Å². The number of nitrogens with one attached hydrogen (secondary N) is 2. The summed E-state index contributed by atoms with van der Waals surface area (Å²) >= 11 is 12.0. The van der Waals surface area contributed by atoms with Crippen LogP contribution in [0.4, 0.5) is 10.5 Å². The fourth-order valence-electron chi connectivity index (χ4n) is 2.03. The fourth-order valence-corrected chi connectivity index (χ4v) is 2.61. The van der Waals surface area contributed by atoms with Crippen molar-refractivity contribution < 1.29 is 9.53 Å². The van der Waals surface area contributed by atoms with E-state index in [4.69, 9.17) is 27.9 Å². The number of benzene rings is 2. The fraction of sp³-hybridized carbons (Fsp3) is 0.188. The number of carbonyl (C=O) groups excluding carboxylic acids is 1. The smallest absolute Gasteiger partial charge is 0.319 e. The monoisotopic (exact) mass is 338 g/mol. The van der Waals surface area contributed by atoms with Gasteiger partial charge in [0.05, 0.1) is 18.8 Å². The standard InChI is InChI=1S/C16H16Cl2N2O2/c1-10(12-8-7-11(17)9-13(12)18)19-16(21)20-14-5-3-4-6-15(14)22-2/h3-10H,1-2H3,(H2,19,20,21)/t10-/m1/s1. The molecule has 4 nitrogen and oxygen atoms in total. The maximum absolute atomic E-state index is 12.1. The highest BCUT2D eigenvalue weighted by atomic mass is 35.5. The minimum atomic E-state index is -0.344. The highest BCUT2D eigenvalue weighted by Gasteiger charge is 2.14. The van der Waals surface area contributed by atoms with Crippen LogP contribution in [0.15, 0.2) is 42.5 Å². The van der Waals surface area contributed by atoms with Crippen LogP contribution < -0.4 is 15.4 Å². The molecule has 1 atom stereocenters. The van der Waals surface area contributed by atoms with Gasteiger partial charge in [0, 0.05) is 10.0 Å². The Morgan fingerprint density at radius 3 is 2.59 bits per heavy atom. The number of hydrogen-bond acceptors (Lipinski definition) is 2. The molecule has 0 unspecified atom stereocenters. The van der Waals surface area contributed by atoms with Gasteiger partial charge in [-0.05, 0) is 36.8 Å². The van der Waals surface area contributed by atoms with E-state index < -0.39 is 0 Å². The van der Waals surface area contributed by atoms with Crippen molar-refractivity contribution in [1.29, 1.82) is 0 Å². The van der Waals surface area contributed by atoms with E-state index in [1.807, 2.05) is 19.1 Å². The second-order valence-electron chi connectivity index (χ2n) is 4.69. The minimum Gasteiger partial charge on any atom is -0.495 e. The topological polar surface area (TPSA) is 50.4 Å². The van der Waals surface area contributed by atoms with Gasteiger partial charge in [0.2, 0.25) is 0 Å². The Bertz CT molecular complexity index is 677. The minimum absolute atomic E-state index is 0.264. The first kappa shape index (κ1) is 16.5. The van der Waals surface area contributed by atoms with Gasteiger partial charge in [-0.1, -0.05) is 41.4 Å². The third kappa shape index (κ3) is 4.06. The van der Waals surface area contributed by atoms with Crippen LogP contribution in [-0.4, -0.2) is 13.1 Å². The summed E-state index contributed by atoms with van der Waals surface area (Å²) in [6.07, 6.45) is 0. The zero-order valence-electron chi connectivity index (χ0n) is 12.2. The lowest BCUT2D eigenvalue weighted by Gasteiger charge is -2.17. The van der Waals surface area contributed by atoms with Crippen molar-refractivity contribution in [2.45, 2.75) is 13.0 Å². The number of rotatable bonds is 4. The van der Waals surface area contributed by atoms with E-state index in [0.29, 0.717) is 21.5 Å². The molecular weight excluding hydrogens is 323 g/mol. The summed E-state index contributed by atoms with van der Waals surface area (Å²) in [7, 11) is 1.55. The lowest BCUT2D eigenvalue weighted by molar-refractivity contribution is 0.249. The van der Waals surface area contributed by atoms with Crippen LogP contribution in [0.3, 0.4) is 0 Å². The maximum atomic E-state index is 12.1. The molecule has 2 N–H and O–H groups in total. The van der Waals surface area contributed by atoms with Crippen molar-refractivity contribution in [3.8, 4) is 5.75 Å².